The van der Waals surface area contributed by atoms with Gasteiger partial charge in [-0.05, 0) is 87.9 Å². The van der Waals surface area contributed by atoms with E-state index < -0.39 is 0 Å². The summed E-state index contributed by atoms with van der Waals surface area (Å²) in [6, 6.07) is 0. The molecule has 0 radical (unpaired) electrons. The van der Waals surface area contributed by atoms with Gasteiger partial charge in [-0.25, -0.2) is 0 Å². The molecule has 140 valence electrons. The molecule has 0 aromatic carbocycles. The highest BCUT2D eigenvalue weighted by molar-refractivity contribution is 4.82. The smallest absolute Gasteiger partial charge is 0.0901 e. The summed E-state index contributed by atoms with van der Waals surface area (Å²) in [6.07, 6.45) is 18.9. The van der Waals surface area contributed by atoms with Crippen molar-refractivity contribution in [3.63, 3.8) is 0 Å². The van der Waals surface area contributed by atoms with Gasteiger partial charge in [-0.15, -0.1) is 0 Å². The summed E-state index contributed by atoms with van der Waals surface area (Å²) in [5.74, 6) is 3.63. The molecule has 2 saturated carbocycles. The minimum atomic E-state index is 0.797. The number of ether oxygens (including phenoxy) is 2. The molecule has 0 atom stereocenters. The summed E-state index contributed by atoms with van der Waals surface area (Å²) in [6.45, 7) is 7.30. The van der Waals surface area contributed by atoms with Crippen molar-refractivity contribution in [2.75, 3.05) is 19.8 Å². The van der Waals surface area contributed by atoms with Crippen molar-refractivity contribution in [3.8, 4) is 0 Å². The molecule has 0 aromatic rings. The maximum absolute atomic E-state index is 5.84. The summed E-state index contributed by atoms with van der Waals surface area (Å²) in [7, 11) is 0. The third kappa shape index (κ3) is 7.17. The van der Waals surface area contributed by atoms with Crippen LogP contribution in [-0.2, 0) is 9.47 Å². The van der Waals surface area contributed by atoms with Crippen LogP contribution in [0.3, 0.4) is 0 Å². The molecular formula is C22H40O2. The van der Waals surface area contributed by atoms with Crippen LogP contribution in [0.15, 0.2) is 12.3 Å². The van der Waals surface area contributed by atoms with Gasteiger partial charge in [0, 0.05) is 13.2 Å². The van der Waals surface area contributed by atoms with Crippen molar-refractivity contribution in [2.45, 2.75) is 84.5 Å². The molecule has 24 heavy (non-hydrogen) atoms. The summed E-state index contributed by atoms with van der Waals surface area (Å²) in [4.78, 5) is 0. The first-order valence-electron chi connectivity index (χ1n) is 10.7. The molecule has 2 heteroatoms. The van der Waals surface area contributed by atoms with E-state index in [1.165, 1.54) is 64.2 Å². The van der Waals surface area contributed by atoms with Gasteiger partial charge in [0.05, 0.1) is 12.9 Å². The van der Waals surface area contributed by atoms with Crippen LogP contribution in [0.5, 0.6) is 0 Å². The number of allylic oxidation sites excluding steroid dienone is 1. The van der Waals surface area contributed by atoms with E-state index in [9.17, 15) is 0 Å². The van der Waals surface area contributed by atoms with Gasteiger partial charge in [0.25, 0.3) is 0 Å². The molecule has 2 nitrogen and oxygen atoms in total. The topological polar surface area (TPSA) is 18.5 Å². The molecular weight excluding hydrogens is 296 g/mol. The molecule has 2 fully saturated rings. The highest BCUT2D eigenvalue weighted by Crippen LogP contribution is 2.41. The Morgan fingerprint density at radius 2 is 1.38 bits per heavy atom. The number of rotatable bonds is 10. The Morgan fingerprint density at radius 1 is 0.792 bits per heavy atom. The van der Waals surface area contributed by atoms with E-state index in [0.29, 0.717) is 0 Å². The summed E-state index contributed by atoms with van der Waals surface area (Å²) < 4.78 is 11.5. The lowest BCUT2D eigenvalue weighted by Gasteiger charge is -2.37. The first-order chi connectivity index (χ1) is 11.8. The van der Waals surface area contributed by atoms with E-state index in [2.05, 4.69) is 19.9 Å². The molecule has 0 unspecified atom stereocenters. The Balaban J connectivity index is 1.56. The maximum atomic E-state index is 5.84. The van der Waals surface area contributed by atoms with Crippen molar-refractivity contribution >= 4 is 0 Å². The molecule has 0 amide bonds. The summed E-state index contributed by atoms with van der Waals surface area (Å²) in [5, 5.41) is 0. The highest BCUT2D eigenvalue weighted by atomic mass is 16.5. The van der Waals surface area contributed by atoms with Gasteiger partial charge in [-0.1, -0.05) is 26.3 Å². The Kier molecular flexibility index (Phi) is 9.87. The van der Waals surface area contributed by atoms with Crippen molar-refractivity contribution < 1.29 is 9.47 Å². The Hall–Kier alpha value is -0.500. The van der Waals surface area contributed by atoms with E-state index in [1.54, 1.807) is 0 Å². The third-order valence-corrected chi connectivity index (χ3v) is 6.21. The minimum absolute atomic E-state index is 0.797. The number of unbranched alkanes of at least 4 members (excludes halogenated alkanes) is 1. The molecule has 0 aromatic heterocycles. The van der Waals surface area contributed by atoms with Crippen molar-refractivity contribution in [1.82, 2.24) is 0 Å². The zero-order valence-electron chi connectivity index (χ0n) is 16.2. The molecule has 2 aliphatic rings. The maximum Gasteiger partial charge on any atom is 0.0901 e. The quantitative estimate of drug-likeness (QED) is 0.341. The lowest BCUT2D eigenvalue weighted by molar-refractivity contribution is 0.0600. The van der Waals surface area contributed by atoms with E-state index in [-0.39, 0.29) is 0 Å². The monoisotopic (exact) mass is 336 g/mol. The van der Waals surface area contributed by atoms with Crippen LogP contribution in [0.2, 0.25) is 0 Å². The Labute approximate surface area is 150 Å². The summed E-state index contributed by atoms with van der Waals surface area (Å²) >= 11 is 0. The van der Waals surface area contributed by atoms with Gasteiger partial charge in [-0.3, -0.25) is 0 Å². The molecule has 0 heterocycles. The van der Waals surface area contributed by atoms with E-state index in [4.69, 9.17) is 9.47 Å². The van der Waals surface area contributed by atoms with Crippen molar-refractivity contribution in [1.29, 1.82) is 0 Å². The van der Waals surface area contributed by atoms with E-state index in [1.807, 2.05) is 6.26 Å². The van der Waals surface area contributed by atoms with E-state index in [0.717, 1.165) is 49.9 Å². The average molecular weight is 337 g/mol. The van der Waals surface area contributed by atoms with Crippen LogP contribution in [0.25, 0.3) is 0 Å². The number of hydrogen-bond donors (Lipinski definition) is 0. The van der Waals surface area contributed by atoms with Crippen LogP contribution in [0.4, 0.5) is 0 Å². The lowest BCUT2D eigenvalue weighted by Crippen LogP contribution is -2.28. The second-order valence-corrected chi connectivity index (χ2v) is 8.10. The Bertz CT molecular complexity index is 323. The molecule has 0 spiro atoms. The zero-order valence-corrected chi connectivity index (χ0v) is 16.2. The molecule has 0 bridgehead atoms. The molecule has 0 N–H and O–H groups in total. The molecule has 2 aliphatic carbocycles. The first-order valence-corrected chi connectivity index (χ1v) is 10.7. The second kappa shape index (κ2) is 12.0. The van der Waals surface area contributed by atoms with Gasteiger partial charge >= 0.3 is 0 Å². The van der Waals surface area contributed by atoms with E-state index >= 15 is 0 Å². The fourth-order valence-corrected chi connectivity index (χ4v) is 4.50. The lowest BCUT2D eigenvalue weighted by atomic mass is 9.69. The molecule has 0 saturated heterocycles. The van der Waals surface area contributed by atoms with Crippen LogP contribution in [0, 0.1) is 23.7 Å². The fraction of sp³-hybridized carbons (Fsp3) is 0.909. The molecule has 2 rings (SSSR count). The van der Waals surface area contributed by atoms with Crippen LogP contribution in [0.1, 0.15) is 84.5 Å². The van der Waals surface area contributed by atoms with Gasteiger partial charge in [0.2, 0.25) is 0 Å². The number of hydrogen-bond acceptors (Lipinski definition) is 2. The third-order valence-electron chi connectivity index (χ3n) is 6.21. The zero-order chi connectivity index (χ0) is 17.0. The van der Waals surface area contributed by atoms with Gasteiger partial charge in [0.1, 0.15) is 0 Å². The van der Waals surface area contributed by atoms with Gasteiger partial charge in [-0.2, -0.15) is 0 Å². The first kappa shape index (κ1) is 19.8. The van der Waals surface area contributed by atoms with Crippen molar-refractivity contribution in [2.24, 2.45) is 23.7 Å². The minimum Gasteiger partial charge on any atom is -0.501 e. The average Bonchev–Trinajstić information content (AvgIpc) is 2.64. The largest absolute Gasteiger partial charge is 0.501 e. The predicted octanol–water partition coefficient (Wildman–Crippen LogP) is 6.36. The fourth-order valence-electron chi connectivity index (χ4n) is 4.50. The van der Waals surface area contributed by atoms with Crippen molar-refractivity contribution in [3.05, 3.63) is 12.3 Å². The van der Waals surface area contributed by atoms with Gasteiger partial charge in [0.15, 0.2) is 0 Å². The Morgan fingerprint density at radius 3 is 1.92 bits per heavy atom. The van der Waals surface area contributed by atoms with Gasteiger partial charge < -0.3 is 9.47 Å². The highest BCUT2D eigenvalue weighted by Gasteiger charge is 2.30. The second-order valence-electron chi connectivity index (χ2n) is 8.10. The standard InChI is InChI=1S/C22H40O2/c1-3-5-15-23-17-19-7-11-21(12-8-19)22-13-9-20(10-14-22)18-24-16-6-4-2/h5,15,19-22H,3-4,6-14,16-18H2,1-2H3. The molecule has 0 aliphatic heterocycles. The van der Waals surface area contributed by atoms with Crippen LogP contribution < -0.4 is 0 Å². The predicted molar refractivity (Wildman–Crippen MR) is 102 cm³/mol. The SMILES string of the molecule is CCC=COCC1CCC(C2CCC(COCCCC)CC2)CC1. The summed E-state index contributed by atoms with van der Waals surface area (Å²) in [5.41, 5.74) is 0. The van der Waals surface area contributed by atoms with Crippen LogP contribution >= 0.6 is 0 Å². The van der Waals surface area contributed by atoms with Crippen LogP contribution in [-0.4, -0.2) is 19.8 Å². The normalized spacial score (nSPS) is 31.4.